The van der Waals surface area contributed by atoms with Crippen LogP contribution in [-0.2, 0) is 0 Å². The van der Waals surface area contributed by atoms with Crippen LogP contribution in [0.25, 0.3) is 0 Å². The Kier molecular flexibility index (Phi) is 4.56. The Morgan fingerprint density at radius 2 is 2.00 bits per heavy atom. The number of anilines is 1. The lowest BCUT2D eigenvalue weighted by Gasteiger charge is -2.16. The maximum Gasteiger partial charge on any atom is 0.270 e. The van der Waals surface area contributed by atoms with Gasteiger partial charge in [0.05, 0.1) is 0 Å². The summed E-state index contributed by atoms with van der Waals surface area (Å²) < 4.78 is 32.3. The number of rotatable bonds is 4. The molecule has 0 atom stereocenters. The summed E-state index contributed by atoms with van der Waals surface area (Å²) in [7, 11) is 1.71. The molecule has 1 aromatic carbocycles. The van der Waals surface area contributed by atoms with Crippen molar-refractivity contribution in [1.82, 2.24) is 9.97 Å². The van der Waals surface area contributed by atoms with Gasteiger partial charge in [0.2, 0.25) is 17.6 Å². The molecule has 0 saturated heterocycles. The average Bonchev–Trinajstić information content (AvgIpc) is 2.46. The van der Waals surface area contributed by atoms with Crippen LogP contribution in [0.15, 0.2) is 27.5 Å². The lowest BCUT2D eigenvalue weighted by Crippen LogP contribution is -2.23. The fraction of sp³-hybridized carbons (Fsp3) is 0.231. The standard InChI is InChI=1S/C13H12BrF2N3O2/c1-3-19(2)13-17-11(20)9(14)12(18-13)21-10-7(15)5-4-6-8(10)16/h4-6H,3H2,1-2H3,(H,17,18,20). The van der Waals surface area contributed by atoms with E-state index in [0.29, 0.717) is 6.54 Å². The number of aromatic amines is 1. The second-order valence-electron chi connectivity index (χ2n) is 4.18. The number of nitrogens with zero attached hydrogens (tertiary/aromatic N) is 2. The Morgan fingerprint density at radius 3 is 2.57 bits per heavy atom. The van der Waals surface area contributed by atoms with Crippen molar-refractivity contribution in [2.75, 3.05) is 18.5 Å². The van der Waals surface area contributed by atoms with Gasteiger partial charge in [0.25, 0.3) is 5.56 Å². The van der Waals surface area contributed by atoms with E-state index in [4.69, 9.17) is 4.74 Å². The number of nitrogens with one attached hydrogen (secondary N) is 1. The Hall–Kier alpha value is -1.96. The van der Waals surface area contributed by atoms with E-state index < -0.39 is 22.9 Å². The third-order valence-electron chi connectivity index (χ3n) is 2.77. The molecule has 0 aliphatic heterocycles. The zero-order valence-corrected chi connectivity index (χ0v) is 12.9. The van der Waals surface area contributed by atoms with Crippen LogP contribution in [0.2, 0.25) is 0 Å². The van der Waals surface area contributed by atoms with Crippen molar-refractivity contribution in [3.05, 3.63) is 44.7 Å². The second kappa shape index (κ2) is 6.21. The molecule has 1 heterocycles. The van der Waals surface area contributed by atoms with Gasteiger partial charge >= 0.3 is 0 Å². The van der Waals surface area contributed by atoms with E-state index in [2.05, 4.69) is 25.9 Å². The summed E-state index contributed by atoms with van der Waals surface area (Å²) in [5, 5.41) is 0. The van der Waals surface area contributed by atoms with E-state index in [9.17, 15) is 13.6 Å². The minimum absolute atomic E-state index is 0.0431. The van der Waals surface area contributed by atoms with Gasteiger partial charge in [-0.1, -0.05) is 6.07 Å². The Bertz CT molecular complexity index is 701. The predicted octanol–water partition coefficient (Wildman–Crippen LogP) is 3.06. The summed E-state index contributed by atoms with van der Waals surface area (Å²) in [6.07, 6.45) is 0. The molecule has 5 nitrogen and oxygen atoms in total. The van der Waals surface area contributed by atoms with Crippen LogP contribution in [0.3, 0.4) is 0 Å². The minimum atomic E-state index is -0.880. The van der Waals surface area contributed by atoms with Crippen LogP contribution in [-0.4, -0.2) is 23.6 Å². The highest BCUT2D eigenvalue weighted by Crippen LogP contribution is 2.30. The molecule has 0 bridgehead atoms. The van der Waals surface area contributed by atoms with Gasteiger partial charge in [-0.05, 0) is 35.0 Å². The van der Waals surface area contributed by atoms with E-state index in [1.54, 1.807) is 11.9 Å². The molecule has 112 valence electrons. The predicted molar refractivity (Wildman–Crippen MR) is 77.9 cm³/mol. The Morgan fingerprint density at radius 1 is 1.38 bits per heavy atom. The maximum absolute atomic E-state index is 13.6. The van der Waals surface area contributed by atoms with Crippen molar-refractivity contribution in [2.45, 2.75) is 6.92 Å². The van der Waals surface area contributed by atoms with Crippen LogP contribution in [0, 0.1) is 11.6 Å². The second-order valence-corrected chi connectivity index (χ2v) is 4.97. The van der Waals surface area contributed by atoms with E-state index >= 15 is 0 Å². The van der Waals surface area contributed by atoms with Gasteiger partial charge in [-0.25, -0.2) is 8.78 Å². The Balaban J connectivity index is 2.49. The molecule has 0 aliphatic carbocycles. The van der Waals surface area contributed by atoms with Gasteiger partial charge < -0.3 is 9.64 Å². The Labute approximate surface area is 127 Å². The van der Waals surface area contributed by atoms with Crippen molar-refractivity contribution in [1.29, 1.82) is 0 Å². The summed E-state index contributed by atoms with van der Waals surface area (Å²) >= 11 is 3.00. The first-order valence-electron chi connectivity index (χ1n) is 6.06. The molecule has 0 aliphatic rings. The summed E-state index contributed by atoms with van der Waals surface area (Å²) in [6, 6.07) is 3.32. The van der Waals surface area contributed by atoms with Gasteiger partial charge in [0, 0.05) is 13.6 Å². The lowest BCUT2D eigenvalue weighted by molar-refractivity contribution is 0.392. The van der Waals surface area contributed by atoms with Crippen LogP contribution in [0.1, 0.15) is 6.92 Å². The minimum Gasteiger partial charge on any atom is -0.431 e. The van der Waals surface area contributed by atoms with E-state index in [-0.39, 0.29) is 16.3 Å². The third-order valence-corrected chi connectivity index (χ3v) is 3.47. The summed E-state index contributed by atoms with van der Waals surface area (Å²) in [6.45, 7) is 2.44. The van der Waals surface area contributed by atoms with Crippen LogP contribution >= 0.6 is 15.9 Å². The molecule has 0 spiro atoms. The number of aromatic nitrogens is 2. The number of hydrogen-bond donors (Lipinski definition) is 1. The summed E-state index contributed by atoms with van der Waals surface area (Å²) in [5.41, 5.74) is -0.507. The summed E-state index contributed by atoms with van der Waals surface area (Å²) in [4.78, 5) is 20.0. The molecule has 0 fully saturated rings. The van der Waals surface area contributed by atoms with Gasteiger partial charge in [0.15, 0.2) is 11.6 Å². The van der Waals surface area contributed by atoms with Gasteiger partial charge in [0.1, 0.15) is 4.47 Å². The fourth-order valence-corrected chi connectivity index (χ4v) is 1.77. The third kappa shape index (κ3) is 3.21. The molecule has 8 heteroatoms. The highest BCUT2D eigenvalue weighted by molar-refractivity contribution is 9.10. The van der Waals surface area contributed by atoms with Crippen molar-refractivity contribution in [3.63, 3.8) is 0 Å². The molecule has 1 aromatic heterocycles. The zero-order chi connectivity index (χ0) is 15.6. The highest BCUT2D eigenvalue weighted by Gasteiger charge is 2.17. The first-order chi connectivity index (χ1) is 9.93. The average molecular weight is 360 g/mol. The normalized spacial score (nSPS) is 10.5. The SMILES string of the molecule is CCN(C)c1nc(Oc2c(F)cccc2F)c(Br)c(=O)[nH]1. The monoisotopic (exact) mass is 359 g/mol. The molecule has 2 rings (SSSR count). The van der Waals surface area contributed by atoms with Gasteiger partial charge in [-0.3, -0.25) is 9.78 Å². The quantitative estimate of drug-likeness (QED) is 0.911. The van der Waals surface area contributed by atoms with Crippen molar-refractivity contribution in [2.24, 2.45) is 0 Å². The molecular weight excluding hydrogens is 348 g/mol. The first-order valence-corrected chi connectivity index (χ1v) is 6.86. The maximum atomic E-state index is 13.6. The molecule has 21 heavy (non-hydrogen) atoms. The van der Waals surface area contributed by atoms with E-state index in [0.717, 1.165) is 12.1 Å². The molecule has 0 unspecified atom stereocenters. The van der Waals surface area contributed by atoms with Gasteiger partial charge in [-0.2, -0.15) is 4.98 Å². The molecule has 0 saturated carbocycles. The topological polar surface area (TPSA) is 58.2 Å². The van der Waals surface area contributed by atoms with E-state index in [1.807, 2.05) is 6.92 Å². The van der Waals surface area contributed by atoms with Gasteiger partial charge in [-0.15, -0.1) is 0 Å². The number of para-hydroxylation sites is 1. The van der Waals surface area contributed by atoms with Crippen molar-refractivity contribution in [3.8, 4) is 11.6 Å². The summed E-state index contributed by atoms with van der Waals surface area (Å²) in [5.74, 6) is -2.35. The first kappa shape index (κ1) is 15.4. The van der Waals surface area contributed by atoms with Crippen LogP contribution in [0.4, 0.5) is 14.7 Å². The lowest BCUT2D eigenvalue weighted by atomic mass is 10.3. The number of hydrogen-bond acceptors (Lipinski definition) is 4. The van der Waals surface area contributed by atoms with E-state index in [1.165, 1.54) is 6.07 Å². The highest BCUT2D eigenvalue weighted by atomic mass is 79.9. The molecule has 0 amide bonds. The molecule has 2 aromatic rings. The molecule has 0 radical (unpaired) electrons. The number of halogens is 3. The largest absolute Gasteiger partial charge is 0.431 e. The van der Waals surface area contributed by atoms with Crippen LogP contribution < -0.4 is 15.2 Å². The zero-order valence-electron chi connectivity index (χ0n) is 11.3. The number of benzene rings is 1. The van der Waals surface area contributed by atoms with Crippen LogP contribution in [0.5, 0.6) is 11.6 Å². The fourth-order valence-electron chi connectivity index (χ4n) is 1.50. The smallest absolute Gasteiger partial charge is 0.270 e. The number of H-pyrrole nitrogens is 1. The molecular formula is C13H12BrF2N3O2. The van der Waals surface area contributed by atoms with Crippen molar-refractivity contribution < 1.29 is 13.5 Å². The number of ether oxygens (including phenoxy) is 1. The molecule has 1 N–H and O–H groups in total. The van der Waals surface area contributed by atoms with Crippen molar-refractivity contribution >= 4 is 21.9 Å².